The van der Waals surface area contributed by atoms with E-state index >= 15 is 0 Å². The Hall–Kier alpha value is -0.0400. The SMILES string of the molecule is CC[C@@H](C)[C@@H](C)C1(CC)CCN(C)CC1. The third kappa shape index (κ3) is 2.75. The lowest BCUT2D eigenvalue weighted by atomic mass is 9.63. The van der Waals surface area contributed by atoms with Crippen LogP contribution in [0.25, 0.3) is 0 Å². The standard InChI is InChI=1S/C14H29N/c1-6-12(3)13(4)14(7-2)8-10-15(5)11-9-14/h12-13H,6-11H2,1-5H3/t12-,13-/m1/s1. The normalized spacial score (nSPS) is 26.2. The summed E-state index contributed by atoms with van der Waals surface area (Å²) in [6, 6.07) is 0. The van der Waals surface area contributed by atoms with Gasteiger partial charge in [-0.05, 0) is 50.2 Å². The lowest BCUT2D eigenvalue weighted by Crippen LogP contribution is -2.43. The van der Waals surface area contributed by atoms with Crippen LogP contribution >= 0.6 is 0 Å². The summed E-state index contributed by atoms with van der Waals surface area (Å²) in [5.41, 5.74) is 0.641. The average Bonchev–Trinajstić information content (AvgIpc) is 2.28. The number of hydrogen-bond acceptors (Lipinski definition) is 1. The van der Waals surface area contributed by atoms with Crippen molar-refractivity contribution in [2.45, 2.75) is 53.4 Å². The molecule has 2 atom stereocenters. The molecule has 1 nitrogen and oxygen atoms in total. The second kappa shape index (κ2) is 5.34. The maximum absolute atomic E-state index is 2.49. The maximum Gasteiger partial charge on any atom is -0.00164 e. The molecule has 0 saturated carbocycles. The van der Waals surface area contributed by atoms with Gasteiger partial charge in [0.25, 0.3) is 0 Å². The topological polar surface area (TPSA) is 3.24 Å². The van der Waals surface area contributed by atoms with Crippen molar-refractivity contribution in [1.82, 2.24) is 4.90 Å². The first-order chi connectivity index (χ1) is 7.05. The Morgan fingerprint density at radius 2 is 1.67 bits per heavy atom. The number of piperidine rings is 1. The van der Waals surface area contributed by atoms with Gasteiger partial charge in [-0.1, -0.05) is 40.5 Å². The van der Waals surface area contributed by atoms with E-state index in [1.807, 2.05) is 0 Å². The zero-order valence-electron chi connectivity index (χ0n) is 11.3. The van der Waals surface area contributed by atoms with Gasteiger partial charge in [-0.2, -0.15) is 0 Å². The van der Waals surface area contributed by atoms with Gasteiger partial charge in [-0.15, -0.1) is 0 Å². The molecule has 0 unspecified atom stereocenters. The Morgan fingerprint density at radius 1 is 1.13 bits per heavy atom. The van der Waals surface area contributed by atoms with Crippen LogP contribution in [-0.2, 0) is 0 Å². The smallest absolute Gasteiger partial charge is 0.00164 e. The van der Waals surface area contributed by atoms with Gasteiger partial charge >= 0.3 is 0 Å². The quantitative estimate of drug-likeness (QED) is 0.684. The number of nitrogens with zero attached hydrogens (tertiary/aromatic N) is 1. The number of likely N-dealkylation sites (tertiary alicyclic amines) is 1. The van der Waals surface area contributed by atoms with Crippen molar-refractivity contribution in [3.8, 4) is 0 Å². The largest absolute Gasteiger partial charge is 0.306 e. The summed E-state index contributed by atoms with van der Waals surface area (Å²) in [6.07, 6.45) is 5.52. The summed E-state index contributed by atoms with van der Waals surface area (Å²) in [5, 5.41) is 0. The van der Waals surface area contributed by atoms with Crippen molar-refractivity contribution in [1.29, 1.82) is 0 Å². The van der Waals surface area contributed by atoms with Crippen molar-refractivity contribution in [3.05, 3.63) is 0 Å². The van der Waals surface area contributed by atoms with Crippen LogP contribution in [-0.4, -0.2) is 25.0 Å². The minimum absolute atomic E-state index is 0.641. The van der Waals surface area contributed by atoms with Crippen LogP contribution in [0.4, 0.5) is 0 Å². The summed E-state index contributed by atoms with van der Waals surface area (Å²) in [7, 11) is 2.26. The van der Waals surface area contributed by atoms with Crippen molar-refractivity contribution >= 4 is 0 Å². The molecule has 90 valence electrons. The van der Waals surface area contributed by atoms with Crippen LogP contribution in [0.15, 0.2) is 0 Å². The summed E-state index contributed by atoms with van der Waals surface area (Å²) in [5.74, 6) is 1.77. The molecule has 1 heteroatoms. The van der Waals surface area contributed by atoms with Crippen LogP contribution in [0.3, 0.4) is 0 Å². The van der Waals surface area contributed by atoms with Crippen molar-refractivity contribution in [3.63, 3.8) is 0 Å². The van der Waals surface area contributed by atoms with Crippen LogP contribution in [0.1, 0.15) is 53.4 Å². The van der Waals surface area contributed by atoms with Crippen LogP contribution < -0.4 is 0 Å². The third-order valence-electron chi connectivity index (χ3n) is 5.15. The lowest BCUT2D eigenvalue weighted by Gasteiger charge is -2.46. The average molecular weight is 211 g/mol. The Bertz CT molecular complexity index is 180. The van der Waals surface area contributed by atoms with Gasteiger partial charge in [0.05, 0.1) is 0 Å². The molecule has 1 aliphatic heterocycles. The van der Waals surface area contributed by atoms with Crippen molar-refractivity contribution < 1.29 is 0 Å². The molecule has 0 N–H and O–H groups in total. The summed E-state index contributed by atoms with van der Waals surface area (Å²) in [4.78, 5) is 2.48. The molecular formula is C14H29N. The Labute approximate surface area is 96.2 Å². The minimum Gasteiger partial charge on any atom is -0.306 e. The molecule has 0 amide bonds. The van der Waals surface area contributed by atoms with Crippen molar-refractivity contribution in [2.75, 3.05) is 20.1 Å². The fourth-order valence-corrected chi connectivity index (χ4v) is 3.15. The van der Waals surface area contributed by atoms with Gasteiger partial charge in [0.1, 0.15) is 0 Å². The first kappa shape index (κ1) is 13.0. The fourth-order valence-electron chi connectivity index (χ4n) is 3.15. The summed E-state index contributed by atoms with van der Waals surface area (Å²) in [6.45, 7) is 12.2. The molecule has 1 saturated heterocycles. The van der Waals surface area contributed by atoms with E-state index in [2.05, 4.69) is 39.6 Å². The molecule has 0 spiro atoms. The van der Waals surface area contributed by atoms with E-state index in [1.54, 1.807) is 0 Å². The van der Waals surface area contributed by atoms with E-state index < -0.39 is 0 Å². The number of rotatable bonds is 4. The highest BCUT2D eigenvalue weighted by Crippen LogP contribution is 2.45. The highest BCUT2D eigenvalue weighted by molar-refractivity contribution is 4.89. The molecule has 1 rings (SSSR count). The van der Waals surface area contributed by atoms with Gasteiger partial charge in [0, 0.05) is 0 Å². The highest BCUT2D eigenvalue weighted by atomic mass is 15.1. The molecule has 1 fully saturated rings. The monoisotopic (exact) mass is 211 g/mol. The van der Waals surface area contributed by atoms with Gasteiger partial charge in [-0.3, -0.25) is 0 Å². The van der Waals surface area contributed by atoms with E-state index in [1.165, 1.54) is 38.8 Å². The second-order valence-corrected chi connectivity index (χ2v) is 5.69. The Morgan fingerprint density at radius 3 is 2.07 bits per heavy atom. The van der Waals surface area contributed by atoms with Gasteiger partial charge in [0.15, 0.2) is 0 Å². The second-order valence-electron chi connectivity index (χ2n) is 5.69. The number of hydrogen-bond donors (Lipinski definition) is 0. The summed E-state index contributed by atoms with van der Waals surface area (Å²) < 4.78 is 0. The third-order valence-corrected chi connectivity index (χ3v) is 5.15. The molecule has 15 heavy (non-hydrogen) atoms. The van der Waals surface area contributed by atoms with Crippen LogP contribution in [0.5, 0.6) is 0 Å². The van der Waals surface area contributed by atoms with Gasteiger partial charge < -0.3 is 4.90 Å². The predicted molar refractivity (Wildman–Crippen MR) is 68.1 cm³/mol. The zero-order chi connectivity index (χ0) is 11.5. The molecule has 0 bridgehead atoms. The van der Waals surface area contributed by atoms with Gasteiger partial charge in [0.2, 0.25) is 0 Å². The lowest BCUT2D eigenvalue weighted by molar-refractivity contribution is 0.0348. The molecule has 1 heterocycles. The first-order valence-electron chi connectivity index (χ1n) is 6.74. The van der Waals surface area contributed by atoms with E-state index in [9.17, 15) is 0 Å². The van der Waals surface area contributed by atoms with Gasteiger partial charge in [-0.25, -0.2) is 0 Å². The molecule has 1 aliphatic rings. The first-order valence-corrected chi connectivity index (χ1v) is 6.74. The van der Waals surface area contributed by atoms with E-state index in [-0.39, 0.29) is 0 Å². The molecule has 0 aromatic rings. The molecule has 0 aliphatic carbocycles. The fraction of sp³-hybridized carbons (Fsp3) is 1.00. The Kier molecular flexibility index (Phi) is 4.64. The minimum atomic E-state index is 0.641. The van der Waals surface area contributed by atoms with Crippen LogP contribution in [0.2, 0.25) is 0 Å². The molecule has 0 aromatic carbocycles. The molecule has 0 radical (unpaired) electrons. The van der Waals surface area contributed by atoms with E-state index in [4.69, 9.17) is 0 Å². The Balaban J connectivity index is 2.67. The maximum atomic E-state index is 2.49. The van der Waals surface area contributed by atoms with Crippen molar-refractivity contribution in [2.24, 2.45) is 17.3 Å². The molecule has 0 aromatic heterocycles. The summed E-state index contributed by atoms with van der Waals surface area (Å²) >= 11 is 0. The zero-order valence-corrected chi connectivity index (χ0v) is 11.3. The predicted octanol–water partition coefficient (Wildman–Crippen LogP) is 3.79. The highest BCUT2D eigenvalue weighted by Gasteiger charge is 2.38. The van der Waals surface area contributed by atoms with Crippen LogP contribution in [0, 0.1) is 17.3 Å². The van der Waals surface area contributed by atoms with E-state index in [0.29, 0.717) is 5.41 Å². The van der Waals surface area contributed by atoms with E-state index in [0.717, 1.165) is 11.8 Å². The molecular weight excluding hydrogens is 182 g/mol.